The molecule has 0 radical (unpaired) electrons. The van der Waals surface area contributed by atoms with E-state index in [4.69, 9.17) is 22.4 Å². The largest absolute Gasteiger partial charge is 0.480 e. The van der Waals surface area contributed by atoms with Crippen LogP contribution >= 0.6 is 27.5 Å². The molecule has 0 bridgehead atoms. The van der Waals surface area contributed by atoms with E-state index in [9.17, 15) is 4.79 Å². The summed E-state index contributed by atoms with van der Waals surface area (Å²) in [6, 6.07) is 1.55. The molecule has 0 spiro atoms. The molecule has 0 saturated carbocycles. The Morgan fingerprint density at radius 2 is 2.36 bits per heavy atom. The molecule has 0 aliphatic heterocycles. The molecule has 1 atom stereocenters. The smallest absolute Gasteiger partial charge is 0.328 e. The molecule has 0 aromatic carbocycles. The van der Waals surface area contributed by atoms with Crippen molar-refractivity contribution >= 4 is 33.5 Å². The molecule has 6 heteroatoms. The molecule has 0 aliphatic carbocycles. The van der Waals surface area contributed by atoms with Crippen LogP contribution in [0, 0.1) is 0 Å². The van der Waals surface area contributed by atoms with Gasteiger partial charge in [-0.3, -0.25) is 0 Å². The maximum Gasteiger partial charge on any atom is 0.328 e. The van der Waals surface area contributed by atoms with Crippen LogP contribution in [0.2, 0.25) is 5.15 Å². The summed E-state index contributed by atoms with van der Waals surface area (Å²) >= 11 is 8.81. The van der Waals surface area contributed by atoms with Gasteiger partial charge in [-0.1, -0.05) is 11.6 Å². The summed E-state index contributed by atoms with van der Waals surface area (Å²) in [6.45, 7) is 1.40. The summed E-state index contributed by atoms with van der Waals surface area (Å²) in [5.74, 6) is -1.12. The fourth-order valence-corrected chi connectivity index (χ4v) is 1.28. The second-order valence-corrected chi connectivity index (χ2v) is 4.22. The molecule has 76 valence electrons. The summed E-state index contributed by atoms with van der Waals surface area (Å²) in [5, 5.41) is 9.13. The fraction of sp³-hybridized carbons (Fsp3) is 0.250. The average molecular weight is 280 g/mol. The van der Waals surface area contributed by atoms with E-state index in [0.717, 1.165) is 0 Å². The molecule has 1 heterocycles. The van der Waals surface area contributed by atoms with Gasteiger partial charge in [0.15, 0.2) is 0 Å². The van der Waals surface area contributed by atoms with Crippen LogP contribution < -0.4 is 5.73 Å². The minimum atomic E-state index is -1.46. The number of aliphatic carboxylic acids is 1. The number of nitrogens with two attached hydrogens (primary N) is 1. The Bertz CT molecular complexity index is 382. The number of halogens is 2. The van der Waals surface area contributed by atoms with Gasteiger partial charge in [0.25, 0.3) is 0 Å². The van der Waals surface area contributed by atoms with E-state index in [1.807, 2.05) is 0 Å². The maximum atomic E-state index is 10.8. The lowest BCUT2D eigenvalue weighted by atomic mass is 9.95. The Morgan fingerprint density at radius 3 is 2.79 bits per heavy atom. The minimum Gasteiger partial charge on any atom is -0.480 e. The van der Waals surface area contributed by atoms with Crippen molar-refractivity contribution in [2.24, 2.45) is 5.73 Å². The van der Waals surface area contributed by atoms with Crippen LogP contribution in [0.3, 0.4) is 0 Å². The summed E-state index contributed by atoms with van der Waals surface area (Å²) < 4.78 is 0.523. The van der Waals surface area contributed by atoms with Crippen molar-refractivity contribution in [2.45, 2.75) is 12.5 Å². The number of pyridine rings is 1. The molecule has 1 aromatic rings. The molecule has 0 aliphatic rings. The minimum absolute atomic E-state index is 0.273. The lowest BCUT2D eigenvalue weighted by Crippen LogP contribution is -2.41. The van der Waals surface area contributed by atoms with Crippen LogP contribution in [0.1, 0.15) is 12.5 Å². The highest BCUT2D eigenvalue weighted by atomic mass is 79.9. The molecule has 4 nitrogen and oxygen atoms in total. The quantitative estimate of drug-likeness (QED) is 0.809. The van der Waals surface area contributed by atoms with E-state index in [1.54, 1.807) is 6.07 Å². The van der Waals surface area contributed by atoms with Crippen LogP contribution in [0.25, 0.3) is 0 Å². The Hall–Kier alpha value is -0.650. The normalized spacial score (nSPS) is 14.9. The van der Waals surface area contributed by atoms with E-state index in [2.05, 4.69) is 20.9 Å². The summed E-state index contributed by atoms with van der Waals surface area (Å²) in [4.78, 5) is 14.6. The van der Waals surface area contributed by atoms with E-state index in [1.165, 1.54) is 13.1 Å². The lowest BCUT2D eigenvalue weighted by molar-refractivity contribution is -0.143. The van der Waals surface area contributed by atoms with Gasteiger partial charge in [0, 0.05) is 11.8 Å². The van der Waals surface area contributed by atoms with Crippen LogP contribution in [-0.4, -0.2) is 16.1 Å². The second kappa shape index (κ2) is 3.84. The van der Waals surface area contributed by atoms with Gasteiger partial charge >= 0.3 is 5.97 Å². The highest BCUT2D eigenvalue weighted by Crippen LogP contribution is 2.25. The molecule has 0 fully saturated rings. The molecular formula is C8H8BrClN2O2. The van der Waals surface area contributed by atoms with Gasteiger partial charge in [-0.15, -0.1) is 0 Å². The summed E-state index contributed by atoms with van der Waals surface area (Å²) in [6.07, 6.45) is 1.35. The number of carboxylic acid groups (broad SMARTS) is 1. The first-order chi connectivity index (χ1) is 6.35. The number of aromatic nitrogens is 1. The van der Waals surface area contributed by atoms with Gasteiger partial charge in [0.05, 0.1) is 4.47 Å². The fourth-order valence-electron chi connectivity index (χ4n) is 0.829. The molecule has 1 aromatic heterocycles. The predicted octanol–water partition coefficient (Wildman–Crippen LogP) is 1.76. The zero-order valence-electron chi connectivity index (χ0n) is 7.29. The summed E-state index contributed by atoms with van der Waals surface area (Å²) in [5.41, 5.74) is 4.53. The molecule has 3 N–H and O–H groups in total. The van der Waals surface area contributed by atoms with Crippen molar-refractivity contribution in [3.63, 3.8) is 0 Å². The zero-order valence-corrected chi connectivity index (χ0v) is 9.63. The first-order valence-corrected chi connectivity index (χ1v) is 4.86. The van der Waals surface area contributed by atoms with Crippen LogP contribution in [0.5, 0.6) is 0 Å². The van der Waals surface area contributed by atoms with Crippen LogP contribution in [0.15, 0.2) is 16.7 Å². The Morgan fingerprint density at radius 1 is 1.79 bits per heavy atom. The molecule has 0 saturated heterocycles. The molecule has 0 amide bonds. The van der Waals surface area contributed by atoms with E-state index >= 15 is 0 Å². The van der Waals surface area contributed by atoms with Gasteiger partial charge in [0.1, 0.15) is 10.7 Å². The molecule has 1 rings (SSSR count). The van der Waals surface area contributed by atoms with Gasteiger partial charge in [-0.05, 0) is 28.9 Å². The number of hydrogen-bond donors (Lipinski definition) is 2. The Kier molecular flexibility index (Phi) is 3.14. The van der Waals surface area contributed by atoms with Crippen molar-refractivity contribution < 1.29 is 9.90 Å². The second-order valence-electron chi connectivity index (χ2n) is 3.00. The predicted molar refractivity (Wildman–Crippen MR) is 56.1 cm³/mol. The lowest BCUT2D eigenvalue weighted by Gasteiger charge is -2.19. The highest BCUT2D eigenvalue weighted by molar-refractivity contribution is 9.10. The van der Waals surface area contributed by atoms with Crippen LogP contribution in [0.4, 0.5) is 0 Å². The van der Waals surface area contributed by atoms with E-state index in [0.29, 0.717) is 10.0 Å². The van der Waals surface area contributed by atoms with Gasteiger partial charge in [-0.25, -0.2) is 9.78 Å². The standard InChI is InChI=1S/C8H8BrClN2O2/c1-8(11,7(13)14)4-2-5(9)6(10)12-3-4/h2-3H,11H2,1H3,(H,13,14)/t8-/m1/s1. The topological polar surface area (TPSA) is 76.2 Å². The van der Waals surface area contributed by atoms with Crippen molar-refractivity contribution in [3.8, 4) is 0 Å². The van der Waals surface area contributed by atoms with Gasteiger partial charge in [-0.2, -0.15) is 0 Å². The SMILES string of the molecule is C[C@](N)(C(=O)O)c1cnc(Cl)c(Br)c1. The monoisotopic (exact) mass is 278 g/mol. The Labute approximate surface area is 94.2 Å². The number of rotatable bonds is 2. The van der Waals surface area contributed by atoms with Gasteiger partial charge < -0.3 is 10.8 Å². The first kappa shape index (κ1) is 11.4. The maximum absolute atomic E-state index is 10.8. The van der Waals surface area contributed by atoms with E-state index in [-0.39, 0.29) is 5.15 Å². The molecular weight excluding hydrogens is 271 g/mol. The third kappa shape index (κ3) is 2.05. The summed E-state index contributed by atoms with van der Waals surface area (Å²) in [7, 11) is 0. The highest BCUT2D eigenvalue weighted by Gasteiger charge is 2.30. The number of carboxylic acids is 1. The van der Waals surface area contributed by atoms with Crippen molar-refractivity contribution in [3.05, 3.63) is 27.5 Å². The third-order valence-corrected chi connectivity index (χ3v) is 2.97. The third-order valence-electron chi connectivity index (χ3n) is 1.84. The zero-order chi connectivity index (χ0) is 10.9. The van der Waals surface area contributed by atoms with Crippen molar-refractivity contribution in [1.82, 2.24) is 4.98 Å². The van der Waals surface area contributed by atoms with E-state index < -0.39 is 11.5 Å². The van der Waals surface area contributed by atoms with Crippen molar-refractivity contribution in [1.29, 1.82) is 0 Å². The number of carbonyl (C=O) groups is 1. The Balaban J connectivity index is 3.21. The van der Waals surface area contributed by atoms with Gasteiger partial charge in [0.2, 0.25) is 0 Å². The van der Waals surface area contributed by atoms with Crippen LogP contribution in [-0.2, 0) is 10.3 Å². The number of hydrogen-bond acceptors (Lipinski definition) is 3. The average Bonchev–Trinajstić information content (AvgIpc) is 2.09. The molecule has 14 heavy (non-hydrogen) atoms. The molecule has 0 unspecified atom stereocenters. The number of nitrogens with zero attached hydrogens (tertiary/aromatic N) is 1. The first-order valence-electron chi connectivity index (χ1n) is 3.69. The van der Waals surface area contributed by atoms with Crippen molar-refractivity contribution in [2.75, 3.05) is 0 Å².